The van der Waals surface area contributed by atoms with Crippen molar-refractivity contribution < 1.29 is 12.8 Å². The monoisotopic (exact) mass is 498 g/mol. The van der Waals surface area contributed by atoms with Gasteiger partial charge in [0.25, 0.3) is 0 Å². The molecular weight excluding hydrogens is 479 g/mol. The molecule has 4 heterocycles. The number of hydrogen-bond acceptors (Lipinski definition) is 5. The molecule has 8 nitrogen and oxygen atoms in total. The maximum atomic E-state index is 14.5. The van der Waals surface area contributed by atoms with E-state index in [0.29, 0.717) is 28.2 Å². The molecule has 0 aliphatic rings. The molecule has 0 spiro atoms. The minimum atomic E-state index is -3.43. The molecule has 178 valence electrons. The first-order valence-electron chi connectivity index (χ1n) is 11.0. The Morgan fingerprint density at radius 3 is 2.53 bits per heavy atom. The van der Waals surface area contributed by atoms with Gasteiger partial charge in [-0.1, -0.05) is 30.3 Å². The van der Waals surface area contributed by atoms with Crippen LogP contribution in [0, 0.1) is 5.82 Å². The standard InChI is InChI=1S/C26H19FN6O2S/c1-36(34,35)33-17-9-15(12-28-14-17)16-10-21-25(31-32-26(21)29-13-16)24-11-20-18(6-4-8-23(20)30-24)19-5-2-3-7-22(19)27/h2-14,30,33H,1H3,(H,29,31,32). The molecule has 6 rings (SSSR count). The van der Waals surface area contributed by atoms with Crippen molar-refractivity contribution in [3.05, 3.63) is 85.1 Å². The van der Waals surface area contributed by atoms with Crippen LogP contribution in [-0.4, -0.2) is 39.8 Å². The molecule has 3 N–H and O–H groups in total. The van der Waals surface area contributed by atoms with Gasteiger partial charge in [0.05, 0.1) is 23.8 Å². The van der Waals surface area contributed by atoms with E-state index >= 15 is 0 Å². The zero-order valence-corrected chi connectivity index (χ0v) is 19.8. The van der Waals surface area contributed by atoms with Gasteiger partial charge in [0.1, 0.15) is 11.5 Å². The number of nitrogens with one attached hydrogen (secondary N) is 3. The number of hydrogen-bond donors (Lipinski definition) is 3. The van der Waals surface area contributed by atoms with Crippen LogP contribution in [0.4, 0.5) is 10.1 Å². The Morgan fingerprint density at radius 2 is 1.69 bits per heavy atom. The SMILES string of the molecule is CS(=O)(=O)Nc1cncc(-c2cnc3[nH]nc(-c4cc5c(-c6ccccc6F)cccc5[nH]4)c3c2)c1. The molecule has 0 saturated heterocycles. The van der Waals surface area contributed by atoms with Gasteiger partial charge in [-0.15, -0.1) is 0 Å². The van der Waals surface area contributed by atoms with Crippen molar-refractivity contribution in [2.24, 2.45) is 0 Å². The molecule has 0 bridgehead atoms. The average molecular weight is 499 g/mol. The van der Waals surface area contributed by atoms with Crippen LogP contribution in [0.3, 0.4) is 0 Å². The molecule has 0 saturated carbocycles. The second kappa shape index (κ2) is 8.28. The van der Waals surface area contributed by atoms with Gasteiger partial charge in [0.2, 0.25) is 10.0 Å². The van der Waals surface area contributed by atoms with E-state index in [1.807, 2.05) is 36.4 Å². The van der Waals surface area contributed by atoms with Crippen LogP contribution < -0.4 is 4.72 Å². The number of aromatic nitrogens is 5. The summed E-state index contributed by atoms with van der Waals surface area (Å²) in [6, 6.07) is 18.0. The Kier molecular flexibility index (Phi) is 5.04. The van der Waals surface area contributed by atoms with Crippen molar-refractivity contribution in [1.82, 2.24) is 25.1 Å². The highest BCUT2D eigenvalue weighted by atomic mass is 32.2. The van der Waals surface area contributed by atoms with Gasteiger partial charge in [-0.05, 0) is 35.9 Å². The zero-order chi connectivity index (χ0) is 24.9. The molecule has 10 heteroatoms. The molecule has 0 fully saturated rings. The van der Waals surface area contributed by atoms with E-state index in [1.54, 1.807) is 30.6 Å². The van der Waals surface area contributed by atoms with E-state index < -0.39 is 10.0 Å². The van der Waals surface area contributed by atoms with Gasteiger partial charge in [0, 0.05) is 45.4 Å². The third kappa shape index (κ3) is 3.97. The first kappa shape index (κ1) is 21.9. The largest absolute Gasteiger partial charge is 0.353 e. The number of fused-ring (bicyclic) bond motifs is 2. The fraction of sp³-hybridized carbons (Fsp3) is 0.0385. The molecule has 0 radical (unpaired) electrons. The Hall–Kier alpha value is -4.57. The summed E-state index contributed by atoms with van der Waals surface area (Å²) >= 11 is 0. The van der Waals surface area contributed by atoms with Gasteiger partial charge in [0.15, 0.2) is 5.65 Å². The number of H-pyrrole nitrogens is 2. The van der Waals surface area contributed by atoms with Crippen LogP contribution in [0.15, 0.2) is 79.3 Å². The number of rotatable bonds is 5. The summed E-state index contributed by atoms with van der Waals surface area (Å²) in [5.74, 6) is -0.284. The lowest BCUT2D eigenvalue weighted by Gasteiger charge is -2.06. The van der Waals surface area contributed by atoms with Crippen LogP contribution in [0.1, 0.15) is 0 Å². The van der Waals surface area contributed by atoms with E-state index in [0.717, 1.165) is 39.4 Å². The Bertz CT molecular complexity index is 1880. The summed E-state index contributed by atoms with van der Waals surface area (Å²) < 4.78 is 40.2. The normalized spacial score (nSPS) is 11.8. The summed E-state index contributed by atoms with van der Waals surface area (Å²) in [6.07, 6.45) is 5.84. The number of sulfonamides is 1. The van der Waals surface area contributed by atoms with Crippen LogP contribution in [0.5, 0.6) is 0 Å². The third-order valence-corrected chi connectivity index (χ3v) is 6.48. The lowest BCUT2D eigenvalue weighted by Crippen LogP contribution is -2.09. The van der Waals surface area contributed by atoms with Crippen molar-refractivity contribution in [2.75, 3.05) is 11.0 Å². The fourth-order valence-electron chi connectivity index (χ4n) is 4.33. The Balaban J connectivity index is 1.46. The fourth-order valence-corrected chi connectivity index (χ4v) is 4.87. The molecule has 0 atom stereocenters. The molecular formula is C26H19FN6O2S. The van der Waals surface area contributed by atoms with Crippen molar-refractivity contribution >= 4 is 37.6 Å². The van der Waals surface area contributed by atoms with Gasteiger partial charge in [-0.25, -0.2) is 17.8 Å². The molecule has 4 aromatic heterocycles. The van der Waals surface area contributed by atoms with Crippen LogP contribution in [0.25, 0.3) is 55.6 Å². The summed E-state index contributed by atoms with van der Waals surface area (Å²) in [6.45, 7) is 0. The molecule has 0 aliphatic heterocycles. The van der Waals surface area contributed by atoms with E-state index in [9.17, 15) is 12.8 Å². The molecule has 36 heavy (non-hydrogen) atoms. The molecule has 6 aromatic rings. The van der Waals surface area contributed by atoms with E-state index in [1.165, 1.54) is 12.3 Å². The van der Waals surface area contributed by atoms with Gasteiger partial charge >= 0.3 is 0 Å². The van der Waals surface area contributed by atoms with E-state index in [4.69, 9.17) is 0 Å². The summed E-state index contributed by atoms with van der Waals surface area (Å²) in [5, 5.41) is 9.09. The predicted molar refractivity (Wildman–Crippen MR) is 138 cm³/mol. The van der Waals surface area contributed by atoms with Crippen molar-refractivity contribution in [3.63, 3.8) is 0 Å². The minimum absolute atomic E-state index is 0.284. The average Bonchev–Trinajstić information content (AvgIpc) is 3.47. The minimum Gasteiger partial charge on any atom is -0.353 e. The summed E-state index contributed by atoms with van der Waals surface area (Å²) in [7, 11) is -3.43. The smallest absolute Gasteiger partial charge is 0.229 e. The first-order chi connectivity index (χ1) is 17.4. The number of pyridine rings is 2. The Labute approximate surface area is 205 Å². The second-order valence-corrected chi connectivity index (χ2v) is 10.2. The molecule has 2 aromatic carbocycles. The third-order valence-electron chi connectivity index (χ3n) is 5.87. The summed E-state index contributed by atoms with van der Waals surface area (Å²) in [5.41, 5.74) is 5.99. The maximum absolute atomic E-state index is 14.5. The van der Waals surface area contributed by atoms with Crippen molar-refractivity contribution in [2.45, 2.75) is 0 Å². The number of nitrogens with zero attached hydrogens (tertiary/aromatic N) is 3. The van der Waals surface area contributed by atoms with Gasteiger partial charge < -0.3 is 4.98 Å². The lowest BCUT2D eigenvalue weighted by atomic mass is 10.0. The topological polar surface area (TPSA) is 116 Å². The highest BCUT2D eigenvalue weighted by molar-refractivity contribution is 7.92. The van der Waals surface area contributed by atoms with Crippen molar-refractivity contribution in [3.8, 4) is 33.6 Å². The van der Waals surface area contributed by atoms with E-state index in [-0.39, 0.29) is 5.82 Å². The highest BCUT2D eigenvalue weighted by Gasteiger charge is 2.16. The predicted octanol–water partition coefficient (Wildman–Crippen LogP) is 5.35. The zero-order valence-electron chi connectivity index (χ0n) is 18.9. The van der Waals surface area contributed by atoms with Gasteiger partial charge in [-0.2, -0.15) is 5.10 Å². The number of aromatic amines is 2. The van der Waals surface area contributed by atoms with Crippen LogP contribution in [0.2, 0.25) is 0 Å². The lowest BCUT2D eigenvalue weighted by molar-refractivity contribution is 0.607. The molecule has 0 aliphatic carbocycles. The van der Waals surface area contributed by atoms with Crippen molar-refractivity contribution in [1.29, 1.82) is 0 Å². The molecule has 0 amide bonds. The molecule has 0 unspecified atom stereocenters. The maximum Gasteiger partial charge on any atom is 0.229 e. The summed E-state index contributed by atoms with van der Waals surface area (Å²) in [4.78, 5) is 12.0. The number of anilines is 1. The van der Waals surface area contributed by atoms with Crippen LogP contribution in [-0.2, 0) is 10.0 Å². The number of halogens is 1. The van der Waals surface area contributed by atoms with E-state index in [2.05, 4.69) is 29.9 Å². The first-order valence-corrected chi connectivity index (χ1v) is 12.9. The quantitative estimate of drug-likeness (QED) is 0.296. The second-order valence-electron chi connectivity index (χ2n) is 8.46. The van der Waals surface area contributed by atoms with Gasteiger partial charge in [-0.3, -0.25) is 14.8 Å². The van der Waals surface area contributed by atoms with Crippen LogP contribution >= 0.6 is 0 Å². The highest BCUT2D eigenvalue weighted by Crippen LogP contribution is 2.35. The number of benzene rings is 2. The Morgan fingerprint density at radius 1 is 0.889 bits per heavy atom.